The van der Waals surface area contributed by atoms with E-state index in [0.717, 1.165) is 12.1 Å². The Morgan fingerprint density at radius 2 is 1.75 bits per heavy atom. The van der Waals surface area contributed by atoms with Gasteiger partial charge in [-0.05, 0) is 18.6 Å². The van der Waals surface area contributed by atoms with Crippen LogP contribution in [-0.4, -0.2) is 6.61 Å². The van der Waals surface area contributed by atoms with Crippen molar-refractivity contribution in [3.63, 3.8) is 0 Å². The van der Waals surface area contributed by atoms with E-state index in [0.29, 0.717) is 6.61 Å². The Kier molecular flexibility index (Phi) is 3.54. The van der Waals surface area contributed by atoms with Crippen LogP contribution in [0, 0.1) is 0 Å². The molecule has 0 aliphatic heterocycles. The van der Waals surface area contributed by atoms with Gasteiger partial charge >= 0.3 is 0 Å². The second kappa shape index (κ2) is 5.31. The van der Waals surface area contributed by atoms with E-state index >= 15 is 0 Å². The summed E-state index contributed by atoms with van der Waals surface area (Å²) in [6.07, 6.45) is 2.84. The average Bonchev–Trinajstić information content (AvgIpc) is 2.33. The van der Waals surface area contributed by atoms with Crippen molar-refractivity contribution in [2.24, 2.45) is 0 Å². The number of nitrogens with zero attached hydrogens (tertiary/aromatic N) is 1. The lowest BCUT2D eigenvalue weighted by molar-refractivity contribution is -0.895. The first kappa shape index (κ1) is 10.7. The molecule has 82 valence electrons. The van der Waals surface area contributed by atoms with Crippen LogP contribution in [0.1, 0.15) is 18.2 Å². The number of rotatable bonds is 4. The van der Waals surface area contributed by atoms with Crippen molar-refractivity contribution in [2.45, 2.75) is 13.3 Å². The molecule has 0 amide bonds. The van der Waals surface area contributed by atoms with Gasteiger partial charge in [0.05, 0.1) is 6.42 Å². The molecule has 0 unspecified atom stereocenters. The van der Waals surface area contributed by atoms with Crippen molar-refractivity contribution in [3.05, 3.63) is 66.0 Å². The predicted octanol–water partition coefficient (Wildman–Crippen LogP) is 2.01. The monoisotopic (exact) mass is 214 g/mol. The topological polar surface area (TPSA) is 13.1 Å². The summed E-state index contributed by atoms with van der Waals surface area (Å²) in [4.78, 5) is 5.53. The first-order valence-corrected chi connectivity index (χ1v) is 5.57. The summed E-state index contributed by atoms with van der Waals surface area (Å²) in [6, 6.07) is 16.5. The van der Waals surface area contributed by atoms with E-state index in [2.05, 4.69) is 30.3 Å². The molecule has 1 aromatic carbocycles. The first-order chi connectivity index (χ1) is 7.90. The van der Waals surface area contributed by atoms with E-state index < -0.39 is 0 Å². The molecule has 2 rings (SSSR count). The molecule has 0 atom stereocenters. The van der Waals surface area contributed by atoms with Gasteiger partial charge in [-0.2, -0.15) is 0 Å². The third kappa shape index (κ3) is 2.60. The van der Waals surface area contributed by atoms with E-state index in [1.54, 1.807) is 0 Å². The first-order valence-electron chi connectivity index (χ1n) is 5.57. The minimum absolute atomic E-state index is 0.677. The van der Waals surface area contributed by atoms with Gasteiger partial charge in [0.25, 0.3) is 0 Å². The number of hydrogen-bond donors (Lipinski definition) is 0. The highest BCUT2D eigenvalue weighted by atomic mass is 16.7. The van der Waals surface area contributed by atoms with Gasteiger partial charge in [0.2, 0.25) is 11.9 Å². The largest absolute Gasteiger partial charge is 0.271 e. The molecule has 0 fully saturated rings. The Morgan fingerprint density at radius 3 is 2.50 bits per heavy atom. The van der Waals surface area contributed by atoms with Gasteiger partial charge in [-0.3, -0.25) is 4.84 Å². The van der Waals surface area contributed by atoms with Crippen molar-refractivity contribution in [3.8, 4) is 0 Å². The highest BCUT2D eigenvalue weighted by molar-refractivity contribution is 5.19. The number of aromatic nitrogens is 1. The summed E-state index contributed by atoms with van der Waals surface area (Å²) in [7, 11) is 0. The van der Waals surface area contributed by atoms with Crippen molar-refractivity contribution in [1.82, 2.24) is 0 Å². The van der Waals surface area contributed by atoms with Gasteiger partial charge in [-0.25, -0.2) is 0 Å². The van der Waals surface area contributed by atoms with Crippen LogP contribution in [0.2, 0.25) is 0 Å². The molecule has 2 aromatic rings. The average molecular weight is 214 g/mol. The lowest BCUT2D eigenvalue weighted by Gasteiger charge is -2.01. The van der Waals surface area contributed by atoms with Gasteiger partial charge in [-0.15, -0.1) is 0 Å². The summed E-state index contributed by atoms with van der Waals surface area (Å²) < 4.78 is 1.84. The van der Waals surface area contributed by atoms with Crippen molar-refractivity contribution >= 4 is 0 Å². The maximum absolute atomic E-state index is 5.53. The maximum atomic E-state index is 5.53. The Bertz CT molecular complexity index is 439. The molecule has 0 bridgehead atoms. The zero-order chi connectivity index (χ0) is 11.2. The molecular formula is C14H16NO+. The third-order valence-electron chi connectivity index (χ3n) is 2.40. The summed E-state index contributed by atoms with van der Waals surface area (Å²) in [5.74, 6) is 0. The van der Waals surface area contributed by atoms with Crippen LogP contribution in [0.3, 0.4) is 0 Å². The zero-order valence-electron chi connectivity index (χ0n) is 9.47. The Balaban J connectivity index is 2.21. The fraction of sp³-hybridized carbons (Fsp3) is 0.214. The molecule has 0 radical (unpaired) electrons. The summed E-state index contributed by atoms with van der Waals surface area (Å²) in [5, 5.41) is 0. The second-order valence-electron chi connectivity index (χ2n) is 3.60. The molecule has 0 saturated heterocycles. The predicted molar refractivity (Wildman–Crippen MR) is 63.0 cm³/mol. The van der Waals surface area contributed by atoms with Crippen molar-refractivity contribution in [2.75, 3.05) is 6.61 Å². The summed E-state index contributed by atoms with van der Waals surface area (Å²) in [6.45, 7) is 2.67. The zero-order valence-corrected chi connectivity index (χ0v) is 9.47. The fourth-order valence-electron chi connectivity index (χ4n) is 1.67. The number of benzene rings is 1. The standard InChI is InChI=1S/C14H16NO/c1-2-16-15-11-7-6-10-14(15)12-13-8-4-3-5-9-13/h3-11H,2,12H2,1H3/q+1. The third-order valence-corrected chi connectivity index (χ3v) is 2.40. The molecule has 2 heteroatoms. The van der Waals surface area contributed by atoms with E-state index in [1.165, 1.54) is 5.56 Å². The van der Waals surface area contributed by atoms with Gasteiger partial charge in [0.15, 0.2) is 6.61 Å². The van der Waals surface area contributed by atoms with Crippen LogP contribution in [0.5, 0.6) is 0 Å². The van der Waals surface area contributed by atoms with Crippen LogP contribution >= 0.6 is 0 Å². The fourth-order valence-corrected chi connectivity index (χ4v) is 1.67. The minimum atomic E-state index is 0.677. The lowest BCUT2D eigenvalue weighted by Crippen LogP contribution is -2.45. The molecule has 1 aromatic heterocycles. The van der Waals surface area contributed by atoms with Gasteiger partial charge in [0, 0.05) is 16.9 Å². The maximum Gasteiger partial charge on any atom is 0.238 e. The minimum Gasteiger partial charge on any atom is -0.271 e. The highest BCUT2D eigenvalue weighted by Gasteiger charge is 2.10. The SMILES string of the molecule is CCO[n+]1ccccc1Cc1ccccc1. The lowest BCUT2D eigenvalue weighted by atomic mass is 10.1. The van der Waals surface area contributed by atoms with Gasteiger partial charge < -0.3 is 0 Å². The van der Waals surface area contributed by atoms with Crippen molar-refractivity contribution in [1.29, 1.82) is 0 Å². The summed E-state index contributed by atoms with van der Waals surface area (Å²) >= 11 is 0. The quantitative estimate of drug-likeness (QED) is 0.710. The molecule has 2 nitrogen and oxygen atoms in total. The van der Waals surface area contributed by atoms with Crippen LogP contribution in [0.4, 0.5) is 0 Å². The number of hydrogen-bond acceptors (Lipinski definition) is 1. The van der Waals surface area contributed by atoms with E-state index in [9.17, 15) is 0 Å². The Morgan fingerprint density at radius 1 is 1.00 bits per heavy atom. The van der Waals surface area contributed by atoms with Gasteiger partial charge in [0.1, 0.15) is 0 Å². The number of pyridine rings is 1. The normalized spacial score (nSPS) is 10.1. The Labute approximate surface area is 96.1 Å². The molecule has 0 N–H and O–H groups in total. The second-order valence-corrected chi connectivity index (χ2v) is 3.60. The molecule has 0 spiro atoms. The highest BCUT2D eigenvalue weighted by Crippen LogP contribution is 2.04. The molecular weight excluding hydrogens is 198 g/mol. The molecule has 0 aliphatic carbocycles. The van der Waals surface area contributed by atoms with Gasteiger partial charge in [-0.1, -0.05) is 30.3 Å². The summed E-state index contributed by atoms with van der Waals surface area (Å²) in [5.41, 5.74) is 2.46. The Hall–Kier alpha value is -1.83. The van der Waals surface area contributed by atoms with Crippen LogP contribution in [0.15, 0.2) is 54.7 Å². The molecule has 0 aliphatic rings. The van der Waals surface area contributed by atoms with Crippen LogP contribution in [0.25, 0.3) is 0 Å². The van der Waals surface area contributed by atoms with Crippen LogP contribution in [-0.2, 0) is 6.42 Å². The van der Waals surface area contributed by atoms with Crippen LogP contribution < -0.4 is 9.57 Å². The van der Waals surface area contributed by atoms with E-state index in [-0.39, 0.29) is 0 Å². The van der Waals surface area contributed by atoms with E-state index in [1.807, 2.05) is 36.1 Å². The van der Waals surface area contributed by atoms with E-state index in [4.69, 9.17) is 4.84 Å². The van der Waals surface area contributed by atoms with Crippen molar-refractivity contribution < 1.29 is 9.57 Å². The molecule has 0 saturated carbocycles. The molecule has 16 heavy (non-hydrogen) atoms. The molecule has 1 heterocycles. The smallest absolute Gasteiger partial charge is 0.238 e.